The van der Waals surface area contributed by atoms with E-state index in [9.17, 15) is 0 Å². The Kier molecular flexibility index (Phi) is 7.21. The van der Waals surface area contributed by atoms with Gasteiger partial charge in [0.15, 0.2) is 0 Å². The molecule has 114 valence electrons. The molecule has 1 aromatic carbocycles. The first kappa shape index (κ1) is 17.7. The Hall–Kier alpha value is -0.380. The standard InChI is InChI=1S/C17H29BrN2/c1-6-10-19-12-14-8-9-15(16(18)11-14)13-20(5)17(3,4)7-2/h8-9,11,19H,6-7,10,12-13H2,1-5H3. The Morgan fingerprint density at radius 3 is 2.50 bits per heavy atom. The molecule has 0 heterocycles. The Balaban J connectivity index is 2.68. The molecule has 0 amide bonds. The lowest BCUT2D eigenvalue weighted by Gasteiger charge is -2.35. The lowest BCUT2D eigenvalue weighted by Crippen LogP contribution is -2.39. The highest BCUT2D eigenvalue weighted by atomic mass is 79.9. The van der Waals surface area contributed by atoms with Gasteiger partial charge in [-0.25, -0.2) is 0 Å². The fraction of sp³-hybridized carbons (Fsp3) is 0.647. The predicted octanol–water partition coefficient (Wildman–Crippen LogP) is 4.57. The van der Waals surface area contributed by atoms with E-state index < -0.39 is 0 Å². The summed E-state index contributed by atoms with van der Waals surface area (Å²) in [6, 6.07) is 6.72. The van der Waals surface area contributed by atoms with Crippen molar-refractivity contribution in [1.82, 2.24) is 10.2 Å². The van der Waals surface area contributed by atoms with E-state index in [2.05, 4.69) is 79.1 Å². The second-order valence-electron chi connectivity index (χ2n) is 6.12. The van der Waals surface area contributed by atoms with Crippen LogP contribution in [0.3, 0.4) is 0 Å². The van der Waals surface area contributed by atoms with E-state index in [0.717, 1.165) is 26.1 Å². The second-order valence-corrected chi connectivity index (χ2v) is 6.98. The average molecular weight is 341 g/mol. The number of hydrogen-bond acceptors (Lipinski definition) is 2. The van der Waals surface area contributed by atoms with Crippen LogP contribution in [0.1, 0.15) is 51.7 Å². The maximum absolute atomic E-state index is 3.72. The molecule has 0 radical (unpaired) electrons. The van der Waals surface area contributed by atoms with Crippen molar-refractivity contribution in [2.45, 2.75) is 59.2 Å². The van der Waals surface area contributed by atoms with Gasteiger partial charge in [-0.15, -0.1) is 0 Å². The SMILES string of the molecule is CCCNCc1ccc(CN(C)C(C)(C)CC)c(Br)c1. The van der Waals surface area contributed by atoms with Gasteiger partial charge in [-0.2, -0.15) is 0 Å². The summed E-state index contributed by atoms with van der Waals surface area (Å²) in [5.41, 5.74) is 2.93. The van der Waals surface area contributed by atoms with Crippen LogP contribution in [0, 0.1) is 0 Å². The molecule has 20 heavy (non-hydrogen) atoms. The van der Waals surface area contributed by atoms with Gasteiger partial charge in [0.1, 0.15) is 0 Å². The van der Waals surface area contributed by atoms with Crippen LogP contribution >= 0.6 is 15.9 Å². The minimum atomic E-state index is 0.237. The van der Waals surface area contributed by atoms with Crippen molar-refractivity contribution in [2.75, 3.05) is 13.6 Å². The van der Waals surface area contributed by atoms with E-state index in [0.29, 0.717) is 0 Å². The number of hydrogen-bond donors (Lipinski definition) is 1. The smallest absolute Gasteiger partial charge is 0.0247 e. The van der Waals surface area contributed by atoms with E-state index in [1.165, 1.54) is 22.0 Å². The van der Waals surface area contributed by atoms with Crippen LogP contribution in [0.25, 0.3) is 0 Å². The molecule has 3 heteroatoms. The molecule has 0 saturated heterocycles. The van der Waals surface area contributed by atoms with Crippen LogP contribution in [0.2, 0.25) is 0 Å². The van der Waals surface area contributed by atoms with E-state index in [-0.39, 0.29) is 5.54 Å². The molecule has 1 rings (SSSR count). The maximum atomic E-state index is 3.72. The zero-order valence-corrected chi connectivity index (χ0v) is 15.2. The Morgan fingerprint density at radius 2 is 1.95 bits per heavy atom. The van der Waals surface area contributed by atoms with Crippen LogP contribution in [-0.4, -0.2) is 24.0 Å². The first-order valence-corrected chi connectivity index (χ1v) is 8.39. The van der Waals surface area contributed by atoms with Crippen molar-refractivity contribution in [3.63, 3.8) is 0 Å². The van der Waals surface area contributed by atoms with E-state index in [1.54, 1.807) is 0 Å². The summed E-state index contributed by atoms with van der Waals surface area (Å²) in [6.45, 7) is 12.0. The number of halogens is 1. The molecule has 2 nitrogen and oxygen atoms in total. The molecule has 0 aromatic heterocycles. The van der Waals surface area contributed by atoms with Gasteiger partial charge in [-0.3, -0.25) is 4.90 Å². The molecular formula is C17H29BrN2. The molecule has 0 saturated carbocycles. The summed E-state index contributed by atoms with van der Waals surface area (Å²) in [5, 5.41) is 3.44. The Morgan fingerprint density at radius 1 is 1.25 bits per heavy atom. The summed E-state index contributed by atoms with van der Waals surface area (Å²) in [6.07, 6.45) is 2.33. The first-order chi connectivity index (χ1) is 9.40. The topological polar surface area (TPSA) is 15.3 Å². The second kappa shape index (κ2) is 8.16. The quantitative estimate of drug-likeness (QED) is 0.697. The Bertz CT molecular complexity index is 415. The molecule has 1 aromatic rings. The minimum Gasteiger partial charge on any atom is -0.313 e. The maximum Gasteiger partial charge on any atom is 0.0247 e. The molecule has 1 N–H and O–H groups in total. The van der Waals surface area contributed by atoms with Crippen LogP contribution in [0.4, 0.5) is 0 Å². The third-order valence-electron chi connectivity index (χ3n) is 4.18. The van der Waals surface area contributed by atoms with Crippen molar-refractivity contribution in [1.29, 1.82) is 0 Å². The van der Waals surface area contributed by atoms with Crippen molar-refractivity contribution in [3.05, 3.63) is 33.8 Å². The van der Waals surface area contributed by atoms with Crippen LogP contribution in [0.5, 0.6) is 0 Å². The van der Waals surface area contributed by atoms with Gasteiger partial charge in [-0.1, -0.05) is 41.9 Å². The molecule has 0 fully saturated rings. The number of benzene rings is 1. The van der Waals surface area contributed by atoms with Gasteiger partial charge in [0.25, 0.3) is 0 Å². The lowest BCUT2D eigenvalue weighted by atomic mass is 9.99. The van der Waals surface area contributed by atoms with Gasteiger partial charge in [0.2, 0.25) is 0 Å². The van der Waals surface area contributed by atoms with Crippen LogP contribution < -0.4 is 5.32 Å². The zero-order chi connectivity index (χ0) is 15.2. The van der Waals surface area contributed by atoms with Crippen molar-refractivity contribution >= 4 is 15.9 Å². The highest BCUT2D eigenvalue weighted by Gasteiger charge is 2.21. The van der Waals surface area contributed by atoms with E-state index in [4.69, 9.17) is 0 Å². The van der Waals surface area contributed by atoms with Crippen molar-refractivity contribution in [3.8, 4) is 0 Å². The van der Waals surface area contributed by atoms with Crippen LogP contribution in [-0.2, 0) is 13.1 Å². The zero-order valence-electron chi connectivity index (χ0n) is 13.6. The molecule has 0 atom stereocenters. The largest absolute Gasteiger partial charge is 0.313 e. The lowest BCUT2D eigenvalue weighted by molar-refractivity contribution is 0.143. The van der Waals surface area contributed by atoms with Gasteiger partial charge < -0.3 is 5.32 Å². The van der Waals surface area contributed by atoms with E-state index >= 15 is 0 Å². The third kappa shape index (κ3) is 5.19. The first-order valence-electron chi connectivity index (χ1n) is 7.60. The highest BCUT2D eigenvalue weighted by Crippen LogP contribution is 2.24. The molecule has 0 aliphatic heterocycles. The number of rotatable bonds is 8. The number of nitrogens with zero attached hydrogens (tertiary/aromatic N) is 1. The molecule has 0 bridgehead atoms. The minimum absolute atomic E-state index is 0.237. The third-order valence-corrected chi connectivity index (χ3v) is 4.92. The van der Waals surface area contributed by atoms with Gasteiger partial charge >= 0.3 is 0 Å². The molecule has 0 aliphatic carbocycles. The van der Waals surface area contributed by atoms with Crippen molar-refractivity contribution < 1.29 is 0 Å². The molecule has 0 unspecified atom stereocenters. The fourth-order valence-electron chi connectivity index (χ4n) is 1.98. The molecule has 0 spiro atoms. The fourth-order valence-corrected chi connectivity index (χ4v) is 2.53. The van der Waals surface area contributed by atoms with Gasteiger partial charge in [-0.05, 0) is 57.5 Å². The molecular weight excluding hydrogens is 312 g/mol. The Labute approximate surface area is 133 Å². The summed E-state index contributed by atoms with van der Waals surface area (Å²) in [7, 11) is 2.20. The van der Waals surface area contributed by atoms with Crippen molar-refractivity contribution in [2.24, 2.45) is 0 Å². The van der Waals surface area contributed by atoms with Gasteiger partial charge in [0, 0.05) is 23.1 Å². The molecule has 0 aliphatic rings. The van der Waals surface area contributed by atoms with E-state index in [1.807, 2.05) is 0 Å². The highest BCUT2D eigenvalue weighted by molar-refractivity contribution is 9.10. The summed E-state index contributed by atoms with van der Waals surface area (Å²) < 4.78 is 1.21. The summed E-state index contributed by atoms with van der Waals surface area (Å²) in [4.78, 5) is 2.42. The summed E-state index contributed by atoms with van der Waals surface area (Å²) in [5.74, 6) is 0. The summed E-state index contributed by atoms with van der Waals surface area (Å²) >= 11 is 3.72. The predicted molar refractivity (Wildman–Crippen MR) is 92.0 cm³/mol. The monoisotopic (exact) mass is 340 g/mol. The van der Waals surface area contributed by atoms with Gasteiger partial charge in [0.05, 0.1) is 0 Å². The average Bonchev–Trinajstić information content (AvgIpc) is 2.41. The van der Waals surface area contributed by atoms with Crippen LogP contribution in [0.15, 0.2) is 22.7 Å². The normalized spacial score (nSPS) is 12.2. The number of nitrogens with one attached hydrogen (secondary N) is 1.